The predicted octanol–water partition coefficient (Wildman–Crippen LogP) is 5.29. The van der Waals surface area contributed by atoms with Crippen LogP contribution in [0, 0.1) is 0 Å². The molecule has 8 nitrogen and oxygen atoms in total. The van der Waals surface area contributed by atoms with E-state index in [-0.39, 0.29) is 11.1 Å². The monoisotopic (exact) mass is 590 g/mol. The molecule has 0 amide bonds. The summed E-state index contributed by atoms with van der Waals surface area (Å²) in [6.07, 6.45) is 3.27. The molecule has 3 aromatic carbocycles. The third-order valence-electron chi connectivity index (χ3n) is 7.93. The molecular weight excluding hydrogens is 564 g/mol. The van der Waals surface area contributed by atoms with Crippen LogP contribution in [0.25, 0.3) is 23.1 Å². The Hall–Kier alpha value is -5.15. The van der Waals surface area contributed by atoms with E-state index in [4.69, 9.17) is 18.9 Å². The average Bonchev–Trinajstić information content (AvgIpc) is 3.63. The number of methoxy groups -OCH3 is 2. The van der Waals surface area contributed by atoms with Crippen LogP contribution >= 0.6 is 11.3 Å². The lowest BCUT2D eigenvalue weighted by atomic mass is 9.83. The predicted molar refractivity (Wildman–Crippen MR) is 163 cm³/mol. The van der Waals surface area contributed by atoms with Crippen molar-refractivity contribution in [3.8, 4) is 22.8 Å². The fraction of sp³-hybridized carbons (Fsp3) is 0.147. The van der Waals surface area contributed by atoms with Gasteiger partial charge >= 0.3 is 5.97 Å². The third kappa shape index (κ3) is 4.49. The number of aromatic carboxylic acids is 1. The molecule has 2 aliphatic rings. The summed E-state index contributed by atoms with van der Waals surface area (Å²) < 4.78 is 19.6. The number of thiazole rings is 1. The van der Waals surface area contributed by atoms with Crippen molar-refractivity contribution < 1.29 is 23.8 Å². The van der Waals surface area contributed by atoms with Crippen molar-refractivity contribution in [1.29, 1.82) is 0 Å². The van der Waals surface area contributed by atoms with Crippen LogP contribution in [-0.2, 0) is 6.42 Å². The Morgan fingerprint density at radius 2 is 1.79 bits per heavy atom. The SMILES string of the molecule is COc1ccc(OC)c(C2C3=C(N=c4sc(=Cc5ccc(-c6ccccc6C(=O)O)o5)c(=O)n42)c2ccccc2CC3)c1. The van der Waals surface area contributed by atoms with Crippen LogP contribution in [0.2, 0.25) is 0 Å². The number of benzene rings is 3. The normalized spacial score (nSPS) is 15.8. The van der Waals surface area contributed by atoms with E-state index in [1.165, 1.54) is 23.0 Å². The Kier molecular flexibility index (Phi) is 6.59. The van der Waals surface area contributed by atoms with Gasteiger partial charge in [-0.1, -0.05) is 53.8 Å². The number of rotatable bonds is 6. The highest BCUT2D eigenvalue weighted by atomic mass is 32.1. The molecular formula is C34H26N2O6S. The molecule has 0 spiro atoms. The van der Waals surface area contributed by atoms with Crippen LogP contribution in [0.15, 0.2) is 98.6 Å². The first-order chi connectivity index (χ1) is 21.0. The molecule has 1 unspecified atom stereocenters. The van der Waals surface area contributed by atoms with Crippen LogP contribution in [0.1, 0.15) is 45.3 Å². The topological polar surface area (TPSA) is 103 Å². The molecule has 0 fully saturated rings. The molecule has 5 aromatic rings. The Morgan fingerprint density at radius 3 is 2.58 bits per heavy atom. The van der Waals surface area contributed by atoms with Crippen molar-refractivity contribution in [2.75, 3.05) is 14.2 Å². The lowest BCUT2D eigenvalue weighted by molar-refractivity contribution is 0.0697. The number of ether oxygens (including phenoxy) is 2. The Balaban J connectivity index is 1.42. The van der Waals surface area contributed by atoms with Crippen molar-refractivity contribution in [3.05, 3.63) is 132 Å². The third-order valence-corrected chi connectivity index (χ3v) is 8.91. The number of hydrogen-bond donors (Lipinski definition) is 1. The van der Waals surface area contributed by atoms with E-state index in [2.05, 4.69) is 12.1 Å². The van der Waals surface area contributed by atoms with Gasteiger partial charge in [-0.2, -0.15) is 0 Å². The second-order valence-electron chi connectivity index (χ2n) is 10.3. The number of allylic oxidation sites excluding steroid dienone is 1. The summed E-state index contributed by atoms with van der Waals surface area (Å²) >= 11 is 1.29. The minimum Gasteiger partial charge on any atom is -0.497 e. The van der Waals surface area contributed by atoms with Crippen molar-refractivity contribution in [3.63, 3.8) is 0 Å². The summed E-state index contributed by atoms with van der Waals surface area (Å²) in [4.78, 5) is 31.5. The molecule has 1 atom stereocenters. The molecule has 214 valence electrons. The number of fused-ring (bicyclic) bond motifs is 3. The summed E-state index contributed by atoms with van der Waals surface area (Å²) in [5.41, 5.74) is 5.46. The molecule has 1 aliphatic heterocycles. The van der Waals surface area contributed by atoms with E-state index in [0.29, 0.717) is 37.9 Å². The summed E-state index contributed by atoms with van der Waals surface area (Å²) in [5, 5.41) is 9.61. The molecule has 1 aliphatic carbocycles. The number of aromatic nitrogens is 1. The summed E-state index contributed by atoms with van der Waals surface area (Å²) in [6.45, 7) is 0. The lowest BCUT2D eigenvalue weighted by Crippen LogP contribution is -2.39. The molecule has 0 saturated heterocycles. The molecule has 3 heterocycles. The lowest BCUT2D eigenvalue weighted by Gasteiger charge is -2.31. The summed E-state index contributed by atoms with van der Waals surface area (Å²) in [6, 6.07) is 23.6. The number of furan rings is 1. The second kappa shape index (κ2) is 10.6. The minimum atomic E-state index is -1.04. The molecule has 7 rings (SSSR count). The molecule has 0 bridgehead atoms. The average molecular weight is 591 g/mol. The number of carboxylic acid groups (broad SMARTS) is 1. The van der Waals surface area contributed by atoms with Gasteiger partial charge in [0.1, 0.15) is 23.0 Å². The van der Waals surface area contributed by atoms with Crippen molar-refractivity contribution in [2.24, 2.45) is 4.99 Å². The van der Waals surface area contributed by atoms with Gasteiger partial charge in [0.05, 0.1) is 36.1 Å². The minimum absolute atomic E-state index is 0.140. The maximum absolute atomic E-state index is 14.2. The van der Waals surface area contributed by atoms with Gasteiger partial charge in [0, 0.05) is 22.8 Å². The first-order valence-corrected chi connectivity index (χ1v) is 14.6. The Bertz CT molecular complexity index is 2130. The molecule has 0 radical (unpaired) electrons. The van der Waals surface area contributed by atoms with Gasteiger partial charge in [0.2, 0.25) is 0 Å². The maximum atomic E-state index is 14.2. The highest BCUT2D eigenvalue weighted by Gasteiger charge is 2.34. The molecule has 0 saturated carbocycles. The van der Waals surface area contributed by atoms with E-state index in [0.717, 1.165) is 35.2 Å². The van der Waals surface area contributed by atoms with Gasteiger partial charge in [-0.15, -0.1) is 0 Å². The number of carboxylic acids is 1. The smallest absolute Gasteiger partial charge is 0.336 e. The molecule has 2 aromatic heterocycles. The van der Waals surface area contributed by atoms with E-state index < -0.39 is 12.0 Å². The van der Waals surface area contributed by atoms with E-state index in [9.17, 15) is 14.7 Å². The van der Waals surface area contributed by atoms with E-state index in [1.54, 1.807) is 55.2 Å². The molecule has 43 heavy (non-hydrogen) atoms. The Labute approximate surface area is 250 Å². The van der Waals surface area contributed by atoms with Gasteiger partial charge < -0.3 is 19.0 Å². The quantitative estimate of drug-likeness (QED) is 0.288. The highest BCUT2D eigenvalue weighted by molar-refractivity contribution is 7.07. The summed E-state index contributed by atoms with van der Waals surface area (Å²) in [5.74, 6) is 1.12. The maximum Gasteiger partial charge on any atom is 0.336 e. The largest absolute Gasteiger partial charge is 0.497 e. The first kappa shape index (κ1) is 26.7. The highest BCUT2D eigenvalue weighted by Crippen LogP contribution is 2.44. The molecule has 9 heteroatoms. The van der Waals surface area contributed by atoms with E-state index in [1.807, 2.05) is 30.3 Å². The second-order valence-corrected chi connectivity index (χ2v) is 11.3. The molecule has 1 N–H and O–H groups in total. The van der Waals surface area contributed by atoms with Gasteiger partial charge in [-0.05, 0) is 60.4 Å². The van der Waals surface area contributed by atoms with Gasteiger partial charge in [-0.25, -0.2) is 9.79 Å². The number of carbonyl (C=O) groups is 1. The number of hydrogen-bond acceptors (Lipinski definition) is 7. The van der Waals surface area contributed by atoms with Crippen LogP contribution in [0.4, 0.5) is 0 Å². The van der Waals surface area contributed by atoms with Crippen molar-refractivity contribution in [1.82, 2.24) is 4.57 Å². The number of nitrogens with zero attached hydrogens (tertiary/aromatic N) is 2. The van der Waals surface area contributed by atoms with Crippen molar-refractivity contribution in [2.45, 2.75) is 18.9 Å². The van der Waals surface area contributed by atoms with Crippen molar-refractivity contribution >= 4 is 29.1 Å². The van der Waals surface area contributed by atoms with E-state index >= 15 is 0 Å². The zero-order valence-corrected chi connectivity index (χ0v) is 24.2. The number of aryl methyl sites for hydroxylation is 1. The first-order valence-electron chi connectivity index (χ1n) is 13.7. The van der Waals surface area contributed by atoms with Crippen LogP contribution in [0.3, 0.4) is 0 Å². The standard InChI is InChI=1S/C34H26N2O6S/c1-40-20-12-15-27(41-2)26(17-20)31-25-14-11-19-7-3-4-8-22(19)30(25)35-34-36(31)32(37)29(43-34)18-21-13-16-28(42-21)23-9-5-6-10-24(23)33(38)39/h3-10,12-13,15-18,31H,11,14H2,1-2H3,(H,38,39). The van der Waals surface area contributed by atoms with Crippen LogP contribution in [-0.4, -0.2) is 29.9 Å². The van der Waals surface area contributed by atoms with Gasteiger partial charge in [-0.3, -0.25) is 9.36 Å². The fourth-order valence-corrected chi connectivity index (χ4v) is 6.92. The fourth-order valence-electron chi connectivity index (χ4n) is 5.94. The van der Waals surface area contributed by atoms with Gasteiger partial charge in [0.15, 0.2) is 4.80 Å². The van der Waals surface area contributed by atoms with Crippen LogP contribution in [0.5, 0.6) is 11.5 Å². The van der Waals surface area contributed by atoms with Crippen LogP contribution < -0.4 is 24.4 Å². The Morgan fingerprint density at radius 1 is 1.00 bits per heavy atom. The van der Waals surface area contributed by atoms with Gasteiger partial charge in [0.25, 0.3) is 5.56 Å². The zero-order chi connectivity index (χ0) is 29.7. The zero-order valence-electron chi connectivity index (χ0n) is 23.4. The summed E-state index contributed by atoms with van der Waals surface area (Å²) in [7, 11) is 3.24.